The minimum atomic E-state index is 0.278. The number of nitrogens with one attached hydrogen (secondary N) is 1. The molecule has 22 heavy (non-hydrogen) atoms. The molecule has 0 unspecified atom stereocenters. The maximum absolute atomic E-state index is 5.76. The van der Waals surface area contributed by atoms with Crippen molar-refractivity contribution in [2.75, 3.05) is 47.0 Å². The molecule has 1 heterocycles. The molecule has 0 bridgehead atoms. The number of likely N-dealkylation sites (N-methyl/N-ethyl adjacent to an activating group) is 1. The van der Waals surface area contributed by atoms with Crippen LogP contribution in [0.1, 0.15) is 18.1 Å². The predicted octanol–water partition coefficient (Wildman–Crippen LogP) is 1.65. The van der Waals surface area contributed by atoms with Gasteiger partial charge in [-0.1, -0.05) is 6.07 Å². The first kappa shape index (κ1) is 17.2. The molecule has 2 rings (SSSR count). The van der Waals surface area contributed by atoms with Crippen LogP contribution in [0.5, 0.6) is 5.75 Å². The van der Waals surface area contributed by atoms with Gasteiger partial charge in [0, 0.05) is 38.3 Å². The molecule has 1 aliphatic heterocycles. The third-order valence-electron chi connectivity index (χ3n) is 3.85. The van der Waals surface area contributed by atoms with Crippen LogP contribution in [-0.4, -0.2) is 58.0 Å². The standard InChI is InChI=1S/C17H28N2O3/c1-4-21-13-15-9-14(5-6-17(15)20-3)10-18-11-16-12-19(2)7-8-22-16/h5-6,9,16,18H,4,7-8,10-13H2,1-3H3/t16-/m1/s1. The van der Waals surface area contributed by atoms with Crippen LogP contribution in [0.25, 0.3) is 0 Å². The lowest BCUT2D eigenvalue weighted by Gasteiger charge is -2.30. The van der Waals surface area contributed by atoms with Crippen molar-refractivity contribution >= 4 is 0 Å². The second-order valence-corrected chi connectivity index (χ2v) is 5.67. The van der Waals surface area contributed by atoms with Crippen LogP contribution in [-0.2, 0) is 22.6 Å². The van der Waals surface area contributed by atoms with E-state index in [-0.39, 0.29) is 6.10 Å². The minimum absolute atomic E-state index is 0.278. The van der Waals surface area contributed by atoms with Gasteiger partial charge in [-0.25, -0.2) is 0 Å². The zero-order valence-electron chi connectivity index (χ0n) is 13.9. The summed E-state index contributed by atoms with van der Waals surface area (Å²) in [6, 6.07) is 6.25. The Morgan fingerprint density at radius 2 is 2.27 bits per heavy atom. The normalized spacial score (nSPS) is 19.3. The first-order valence-corrected chi connectivity index (χ1v) is 7.97. The van der Waals surface area contributed by atoms with E-state index in [2.05, 4.69) is 29.4 Å². The summed E-state index contributed by atoms with van der Waals surface area (Å²) < 4.78 is 16.6. The molecule has 0 spiro atoms. The highest BCUT2D eigenvalue weighted by molar-refractivity contribution is 5.36. The van der Waals surface area contributed by atoms with Crippen LogP contribution in [0.15, 0.2) is 18.2 Å². The van der Waals surface area contributed by atoms with Crippen molar-refractivity contribution in [3.05, 3.63) is 29.3 Å². The Hall–Kier alpha value is -1.14. The summed E-state index contributed by atoms with van der Waals surface area (Å²) >= 11 is 0. The quantitative estimate of drug-likeness (QED) is 0.791. The average molecular weight is 308 g/mol. The lowest BCUT2D eigenvalue weighted by atomic mass is 10.1. The van der Waals surface area contributed by atoms with Crippen molar-refractivity contribution in [1.82, 2.24) is 10.2 Å². The molecule has 5 nitrogen and oxygen atoms in total. The van der Waals surface area contributed by atoms with Crippen LogP contribution in [0, 0.1) is 0 Å². The maximum Gasteiger partial charge on any atom is 0.124 e. The van der Waals surface area contributed by atoms with Crippen molar-refractivity contribution in [1.29, 1.82) is 0 Å². The molecule has 1 fully saturated rings. The van der Waals surface area contributed by atoms with Gasteiger partial charge in [0.15, 0.2) is 0 Å². The van der Waals surface area contributed by atoms with E-state index < -0.39 is 0 Å². The van der Waals surface area contributed by atoms with Gasteiger partial charge in [-0.15, -0.1) is 0 Å². The van der Waals surface area contributed by atoms with Crippen molar-refractivity contribution in [3.8, 4) is 5.75 Å². The summed E-state index contributed by atoms with van der Waals surface area (Å²) in [6.45, 7) is 7.83. The molecule has 0 aromatic heterocycles. The highest BCUT2D eigenvalue weighted by Gasteiger charge is 2.16. The van der Waals surface area contributed by atoms with E-state index in [1.54, 1.807) is 7.11 Å². The van der Waals surface area contributed by atoms with Crippen LogP contribution in [0.3, 0.4) is 0 Å². The average Bonchev–Trinajstić information content (AvgIpc) is 2.53. The number of rotatable bonds is 8. The fourth-order valence-electron chi connectivity index (χ4n) is 2.63. The van der Waals surface area contributed by atoms with Crippen molar-refractivity contribution in [2.45, 2.75) is 26.2 Å². The summed E-state index contributed by atoms with van der Waals surface area (Å²) in [5.41, 5.74) is 2.33. The van der Waals surface area contributed by atoms with E-state index in [1.165, 1.54) is 5.56 Å². The zero-order chi connectivity index (χ0) is 15.8. The van der Waals surface area contributed by atoms with Gasteiger partial charge in [-0.2, -0.15) is 0 Å². The van der Waals surface area contributed by atoms with Gasteiger partial charge in [0.25, 0.3) is 0 Å². The van der Waals surface area contributed by atoms with E-state index in [0.717, 1.165) is 44.1 Å². The molecular formula is C17H28N2O3. The van der Waals surface area contributed by atoms with Crippen LogP contribution < -0.4 is 10.1 Å². The largest absolute Gasteiger partial charge is 0.496 e. The Kier molecular flexibility index (Phi) is 7.12. The molecule has 1 atom stereocenters. The second kappa shape index (κ2) is 9.10. The smallest absolute Gasteiger partial charge is 0.124 e. The fourth-order valence-corrected chi connectivity index (χ4v) is 2.63. The Balaban J connectivity index is 1.84. The molecule has 0 amide bonds. The number of ether oxygens (including phenoxy) is 3. The topological polar surface area (TPSA) is 43.0 Å². The molecule has 0 saturated carbocycles. The van der Waals surface area contributed by atoms with Crippen LogP contribution >= 0.6 is 0 Å². The summed E-state index contributed by atoms with van der Waals surface area (Å²) in [5, 5.41) is 3.48. The molecular weight excluding hydrogens is 280 g/mol. The highest BCUT2D eigenvalue weighted by atomic mass is 16.5. The van der Waals surface area contributed by atoms with Crippen LogP contribution in [0.2, 0.25) is 0 Å². The SMILES string of the molecule is CCOCc1cc(CNC[C@@H]2CN(C)CCO2)ccc1OC. The monoisotopic (exact) mass is 308 g/mol. The maximum atomic E-state index is 5.76. The van der Waals surface area contributed by atoms with E-state index in [1.807, 2.05) is 13.0 Å². The lowest BCUT2D eigenvalue weighted by molar-refractivity contribution is -0.0182. The third kappa shape index (κ3) is 5.25. The summed E-state index contributed by atoms with van der Waals surface area (Å²) in [4.78, 5) is 2.31. The van der Waals surface area contributed by atoms with Gasteiger partial charge >= 0.3 is 0 Å². The molecule has 5 heteroatoms. The molecule has 1 saturated heterocycles. The molecule has 0 radical (unpaired) electrons. The Bertz CT molecular complexity index is 454. The van der Waals surface area contributed by atoms with Gasteiger partial charge < -0.3 is 24.4 Å². The number of morpholine rings is 1. The predicted molar refractivity (Wildman–Crippen MR) is 87.3 cm³/mol. The van der Waals surface area contributed by atoms with E-state index in [9.17, 15) is 0 Å². The molecule has 1 aromatic carbocycles. The lowest BCUT2D eigenvalue weighted by Crippen LogP contribution is -2.44. The van der Waals surface area contributed by atoms with Crippen LogP contribution in [0.4, 0.5) is 0 Å². The molecule has 1 N–H and O–H groups in total. The first-order chi connectivity index (χ1) is 10.7. The minimum Gasteiger partial charge on any atom is -0.496 e. The number of nitrogens with zero attached hydrogens (tertiary/aromatic N) is 1. The van der Waals surface area contributed by atoms with E-state index in [0.29, 0.717) is 13.2 Å². The van der Waals surface area contributed by atoms with Gasteiger partial charge in [-0.3, -0.25) is 0 Å². The zero-order valence-corrected chi connectivity index (χ0v) is 13.9. The molecule has 0 aliphatic carbocycles. The summed E-state index contributed by atoms with van der Waals surface area (Å²) in [5.74, 6) is 0.884. The number of benzene rings is 1. The van der Waals surface area contributed by atoms with Crippen molar-refractivity contribution in [3.63, 3.8) is 0 Å². The van der Waals surface area contributed by atoms with Gasteiger partial charge in [0.1, 0.15) is 5.75 Å². The summed E-state index contributed by atoms with van der Waals surface area (Å²) in [7, 11) is 3.83. The fraction of sp³-hybridized carbons (Fsp3) is 0.647. The Morgan fingerprint density at radius 1 is 1.41 bits per heavy atom. The number of methoxy groups -OCH3 is 1. The van der Waals surface area contributed by atoms with Gasteiger partial charge in [0.2, 0.25) is 0 Å². The third-order valence-corrected chi connectivity index (χ3v) is 3.85. The van der Waals surface area contributed by atoms with Crippen molar-refractivity contribution < 1.29 is 14.2 Å². The number of hydrogen-bond donors (Lipinski definition) is 1. The highest BCUT2D eigenvalue weighted by Crippen LogP contribution is 2.20. The van der Waals surface area contributed by atoms with E-state index in [4.69, 9.17) is 14.2 Å². The Morgan fingerprint density at radius 3 is 3.00 bits per heavy atom. The Labute approximate surface area is 133 Å². The first-order valence-electron chi connectivity index (χ1n) is 7.97. The summed E-state index contributed by atoms with van der Waals surface area (Å²) in [6.07, 6.45) is 0.278. The van der Waals surface area contributed by atoms with E-state index >= 15 is 0 Å². The molecule has 1 aliphatic rings. The molecule has 124 valence electrons. The van der Waals surface area contributed by atoms with Gasteiger partial charge in [-0.05, 0) is 31.7 Å². The number of hydrogen-bond acceptors (Lipinski definition) is 5. The molecule has 1 aromatic rings. The second-order valence-electron chi connectivity index (χ2n) is 5.67. The van der Waals surface area contributed by atoms with Gasteiger partial charge in [0.05, 0.1) is 26.4 Å². The van der Waals surface area contributed by atoms with Crippen molar-refractivity contribution in [2.24, 2.45) is 0 Å².